The van der Waals surface area contributed by atoms with Gasteiger partial charge < -0.3 is 9.84 Å². The summed E-state index contributed by atoms with van der Waals surface area (Å²) in [4.78, 5) is 15.9. The van der Waals surface area contributed by atoms with Gasteiger partial charge in [0, 0.05) is 23.2 Å². The number of hydrogen-bond donors (Lipinski definition) is 1. The number of rotatable bonds is 4. The van der Waals surface area contributed by atoms with Gasteiger partial charge in [0.25, 0.3) is 5.89 Å². The number of hydrogen-bond acceptors (Lipinski definition) is 4. The molecule has 0 saturated heterocycles. The average molecular weight is 307 g/mol. The minimum atomic E-state index is -0.0341. The Balaban J connectivity index is 1.88. The predicted molar refractivity (Wildman–Crippen MR) is 88.8 cm³/mol. The van der Waals surface area contributed by atoms with E-state index in [1.54, 1.807) is 0 Å². The number of aromatic nitrogens is 2. The van der Waals surface area contributed by atoms with Crippen LogP contribution in [0.2, 0.25) is 0 Å². The molecule has 0 saturated carbocycles. The second kappa shape index (κ2) is 6.44. The molecule has 2 aromatic carbocycles. The van der Waals surface area contributed by atoms with Gasteiger partial charge in [0.1, 0.15) is 0 Å². The third-order valence-electron chi connectivity index (χ3n) is 3.42. The molecule has 0 aliphatic rings. The van der Waals surface area contributed by atoms with Crippen molar-refractivity contribution >= 4 is 11.6 Å². The van der Waals surface area contributed by atoms with Gasteiger partial charge in [-0.25, -0.2) is 0 Å². The summed E-state index contributed by atoms with van der Waals surface area (Å²) >= 11 is 0. The Morgan fingerprint density at radius 2 is 1.91 bits per heavy atom. The maximum absolute atomic E-state index is 11.5. The maximum Gasteiger partial charge on any atom is 0.258 e. The predicted octanol–water partition coefficient (Wildman–Crippen LogP) is 4.06. The topological polar surface area (TPSA) is 68.0 Å². The van der Waals surface area contributed by atoms with Gasteiger partial charge in [0.15, 0.2) is 0 Å². The van der Waals surface area contributed by atoms with Crippen molar-refractivity contribution < 1.29 is 9.32 Å². The smallest absolute Gasteiger partial charge is 0.258 e. The Bertz CT molecular complexity index is 840. The van der Waals surface area contributed by atoms with Crippen molar-refractivity contribution in [1.29, 1.82) is 0 Å². The summed E-state index contributed by atoms with van der Waals surface area (Å²) in [6.45, 7) is 3.83. The zero-order valence-corrected chi connectivity index (χ0v) is 13.0. The van der Waals surface area contributed by atoms with Crippen LogP contribution >= 0.6 is 0 Å². The number of amides is 1. The molecular formula is C18H17N3O2. The van der Waals surface area contributed by atoms with E-state index < -0.39 is 0 Å². The Labute approximate surface area is 134 Å². The number of benzene rings is 2. The van der Waals surface area contributed by atoms with Crippen molar-refractivity contribution in [2.24, 2.45) is 0 Å². The van der Waals surface area contributed by atoms with Crippen LogP contribution in [0, 0.1) is 6.92 Å². The number of carbonyl (C=O) groups excluding carboxylic acids is 1. The molecule has 0 bridgehead atoms. The summed E-state index contributed by atoms with van der Waals surface area (Å²) < 4.78 is 5.36. The lowest BCUT2D eigenvalue weighted by atomic mass is 10.1. The molecule has 116 valence electrons. The molecule has 0 unspecified atom stereocenters. The van der Waals surface area contributed by atoms with Crippen molar-refractivity contribution in [3.8, 4) is 22.8 Å². The van der Waals surface area contributed by atoms with Crippen LogP contribution in [0.4, 0.5) is 5.69 Å². The molecule has 0 spiro atoms. The van der Waals surface area contributed by atoms with Gasteiger partial charge in [0.05, 0.1) is 0 Å². The number of carbonyl (C=O) groups is 1. The first kappa shape index (κ1) is 15.0. The number of anilines is 1. The second-order valence-electron chi connectivity index (χ2n) is 5.28. The lowest BCUT2D eigenvalue weighted by molar-refractivity contribution is -0.115. The molecule has 1 N–H and O–H groups in total. The summed E-state index contributed by atoms with van der Waals surface area (Å²) in [5.41, 5.74) is 3.53. The zero-order chi connectivity index (χ0) is 16.2. The molecule has 3 aromatic rings. The van der Waals surface area contributed by atoms with Crippen molar-refractivity contribution in [3.63, 3.8) is 0 Å². The summed E-state index contributed by atoms with van der Waals surface area (Å²) in [6.07, 6.45) is 0.433. The quantitative estimate of drug-likeness (QED) is 0.789. The molecule has 0 fully saturated rings. The van der Waals surface area contributed by atoms with Gasteiger partial charge >= 0.3 is 0 Å². The average Bonchev–Trinajstić information content (AvgIpc) is 3.05. The van der Waals surface area contributed by atoms with E-state index in [9.17, 15) is 4.79 Å². The molecule has 1 aromatic heterocycles. The van der Waals surface area contributed by atoms with Gasteiger partial charge in [-0.1, -0.05) is 41.9 Å². The van der Waals surface area contributed by atoms with Crippen LogP contribution in [-0.2, 0) is 4.79 Å². The fraction of sp³-hybridized carbons (Fsp3) is 0.167. The van der Waals surface area contributed by atoms with E-state index in [4.69, 9.17) is 4.52 Å². The van der Waals surface area contributed by atoms with Crippen molar-refractivity contribution in [1.82, 2.24) is 10.1 Å². The minimum Gasteiger partial charge on any atom is -0.334 e. The van der Waals surface area contributed by atoms with E-state index in [0.717, 1.165) is 16.7 Å². The highest BCUT2D eigenvalue weighted by Gasteiger charge is 2.11. The van der Waals surface area contributed by atoms with Gasteiger partial charge in [-0.2, -0.15) is 4.98 Å². The first-order valence-corrected chi connectivity index (χ1v) is 7.47. The monoisotopic (exact) mass is 307 g/mol. The molecule has 3 rings (SSSR count). The molecule has 0 aliphatic carbocycles. The first-order valence-electron chi connectivity index (χ1n) is 7.47. The molecule has 23 heavy (non-hydrogen) atoms. The fourth-order valence-electron chi connectivity index (χ4n) is 2.22. The van der Waals surface area contributed by atoms with Crippen LogP contribution in [0.25, 0.3) is 22.8 Å². The molecule has 5 heteroatoms. The Kier molecular flexibility index (Phi) is 4.19. The van der Waals surface area contributed by atoms with E-state index in [1.165, 1.54) is 0 Å². The normalized spacial score (nSPS) is 10.5. The SMILES string of the molecule is CCC(=O)Nc1cccc(-c2nc(-c3cccc(C)c3)no2)c1. The van der Waals surface area contributed by atoms with Crippen LogP contribution in [0.3, 0.4) is 0 Å². The van der Waals surface area contributed by atoms with Crippen LogP contribution in [0.15, 0.2) is 53.1 Å². The lowest BCUT2D eigenvalue weighted by Gasteiger charge is -2.04. The van der Waals surface area contributed by atoms with Gasteiger partial charge in [-0.3, -0.25) is 4.79 Å². The summed E-state index contributed by atoms with van der Waals surface area (Å²) in [6, 6.07) is 15.3. The number of aryl methyl sites for hydroxylation is 1. The highest BCUT2D eigenvalue weighted by molar-refractivity contribution is 5.91. The summed E-state index contributed by atoms with van der Waals surface area (Å²) in [5.74, 6) is 0.939. The molecule has 0 atom stereocenters. The largest absolute Gasteiger partial charge is 0.334 e. The number of nitrogens with zero attached hydrogens (tertiary/aromatic N) is 2. The molecule has 1 heterocycles. The molecule has 0 aliphatic heterocycles. The van der Waals surface area contributed by atoms with E-state index >= 15 is 0 Å². The van der Waals surface area contributed by atoms with Crippen LogP contribution < -0.4 is 5.32 Å². The maximum atomic E-state index is 11.5. The molecular weight excluding hydrogens is 290 g/mol. The first-order chi connectivity index (χ1) is 11.2. The number of nitrogens with one attached hydrogen (secondary N) is 1. The molecule has 0 radical (unpaired) electrons. The second-order valence-corrected chi connectivity index (χ2v) is 5.28. The zero-order valence-electron chi connectivity index (χ0n) is 13.0. The highest BCUT2D eigenvalue weighted by atomic mass is 16.5. The van der Waals surface area contributed by atoms with E-state index in [-0.39, 0.29) is 5.91 Å². The summed E-state index contributed by atoms with van der Waals surface area (Å²) in [7, 11) is 0. The standard InChI is InChI=1S/C18H17N3O2/c1-3-16(22)19-15-9-5-8-14(11-15)18-20-17(21-23-18)13-7-4-6-12(2)10-13/h4-11H,3H2,1-2H3,(H,19,22). The van der Waals surface area contributed by atoms with Gasteiger partial charge in [-0.15, -0.1) is 0 Å². The fourth-order valence-corrected chi connectivity index (χ4v) is 2.22. The third-order valence-corrected chi connectivity index (χ3v) is 3.42. The lowest BCUT2D eigenvalue weighted by Crippen LogP contribution is -2.09. The van der Waals surface area contributed by atoms with Crippen LogP contribution in [-0.4, -0.2) is 16.0 Å². The Morgan fingerprint density at radius 1 is 1.13 bits per heavy atom. The van der Waals surface area contributed by atoms with Crippen molar-refractivity contribution in [2.75, 3.05) is 5.32 Å². The van der Waals surface area contributed by atoms with Crippen molar-refractivity contribution in [3.05, 3.63) is 54.1 Å². The van der Waals surface area contributed by atoms with Crippen LogP contribution in [0.5, 0.6) is 0 Å². The highest BCUT2D eigenvalue weighted by Crippen LogP contribution is 2.24. The van der Waals surface area contributed by atoms with E-state index in [1.807, 2.05) is 62.4 Å². The Morgan fingerprint density at radius 3 is 2.70 bits per heavy atom. The molecule has 5 nitrogen and oxygen atoms in total. The van der Waals surface area contributed by atoms with E-state index in [0.29, 0.717) is 23.8 Å². The minimum absolute atomic E-state index is 0.0341. The Hall–Kier alpha value is -2.95. The molecule has 1 amide bonds. The van der Waals surface area contributed by atoms with Crippen molar-refractivity contribution in [2.45, 2.75) is 20.3 Å². The van der Waals surface area contributed by atoms with Gasteiger partial charge in [0.2, 0.25) is 11.7 Å². The van der Waals surface area contributed by atoms with Crippen LogP contribution in [0.1, 0.15) is 18.9 Å². The van der Waals surface area contributed by atoms with Gasteiger partial charge in [-0.05, 0) is 31.2 Å². The third kappa shape index (κ3) is 3.45. The summed E-state index contributed by atoms with van der Waals surface area (Å²) in [5, 5.41) is 6.86. The van der Waals surface area contributed by atoms with E-state index in [2.05, 4.69) is 15.5 Å².